The molecule has 0 saturated carbocycles. The molecule has 3 heterocycles. The largest absolute Gasteiger partial charge is 0.493 e. The Bertz CT molecular complexity index is 2820. The lowest BCUT2D eigenvalue weighted by Crippen LogP contribution is -2.46. The van der Waals surface area contributed by atoms with Gasteiger partial charge in [0.25, 0.3) is 11.8 Å². The molecule has 0 spiro atoms. The minimum atomic E-state index is -2.19. The van der Waals surface area contributed by atoms with Crippen molar-refractivity contribution in [1.29, 1.82) is 0 Å². The fourth-order valence-electron chi connectivity index (χ4n) is 9.05. The number of anilines is 2. The van der Waals surface area contributed by atoms with Crippen LogP contribution in [0.1, 0.15) is 134 Å². The number of hydrogen-bond donors (Lipinski definition) is 2. The highest BCUT2D eigenvalue weighted by Gasteiger charge is 2.41. The van der Waals surface area contributed by atoms with Crippen LogP contribution in [0, 0.1) is 0 Å². The minimum Gasteiger partial charge on any atom is -0.493 e. The number of rotatable bonds is 21. The van der Waals surface area contributed by atoms with Crippen LogP contribution in [0.3, 0.4) is 0 Å². The first-order chi connectivity index (χ1) is 36.2. The average Bonchev–Trinajstić information content (AvgIpc) is 4.07. The van der Waals surface area contributed by atoms with E-state index in [9.17, 15) is 28.8 Å². The Morgan fingerprint density at radius 1 is 0.714 bits per heavy atom. The number of carbonyl (C=O) groups excluding carboxylic acids is 6. The summed E-state index contributed by atoms with van der Waals surface area (Å²) in [5, 5.41) is 5.45. The number of benzene rings is 2. The van der Waals surface area contributed by atoms with E-state index in [0.717, 1.165) is 23.6 Å². The molecule has 3 aliphatic rings. The summed E-state index contributed by atoms with van der Waals surface area (Å²) in [7, 11) is 3.65. The standard InChI is InChI=1S/C57H77N5O14Si/c1-16-36-22-34(2)30-61(36)52(65)40-26-46(70-12)48(28-43(40)59-55(68)76-56(4,5)6)73-21-19-17-18-20-72-47-27-42(58-54(67)74-32-37-24-41-50(60(37)10)44(63)29-49(71-13)51(41)64)39(25-45(47)69-11)53(66)62-31-35(3)23-38(62)33-75-77(14,15)57(7,8)9/h24-29,36,38H,2-3,16-23,30-33H2,1,4-15H3,(H,58,67)(H,59,68)/t36-,38+/m1/s1. The number of unbranched alkanes of at least 4 members (excludes halogenated alkanes) is 2. The fourth-order valence-corrected chi connectivity index (χ4v) is 10.1. The third kappa shape index (κ3) is 14.1. The van der Waals surface area contributed by atoms with Crippen LogP contribution >= 0.6 is 0 Å². The Hall–Kier alpha value is -7.06. The average molecular weight is 1080 g/mol. The van der Waals surface area contributed by atoms with Crippen molar-refractivity contribution in [3.05, 3.63) is 94.5 Å². The van der Waals surface area contributed by atoms with Crippen molar-refractivity contribution in [2.45, 2.75) is 129 Å². The van der Waals surface area contributed by atoms with Gasteiger partial charge in [-0.3, -0.25) is 29.8 Å². The van der Waals surface area contributed by atoms with Crippen molar-refractivity contribution in [2.75, 3.05) is 64.9 Å². The predicted molar refractivity (Wildman–Crippen MR) is 294 cm³/mol. The smallest absolute Gasteiger partial charge is 0.412 e. The molecular weight excluding hydrogens is 1010 g/mol. The van der Waals surface area contributed by atoms with Crippen LogP contribution in [-0.2, 0) is 32.3 Å². The molecule has 418 valence electrons. The zero-order valence-corrected chi connectivity index (χ0v) is 48.1. The maximum Gasteiger partial charge on any atom is 0.412 e. The summed E-state index contributed by atoms with van der Waals surface area (Å²) in [6, 6.07) is 7.34. The second-order valence-corrected chi connectivity index (χ2v) is 26.9. The van der Waals surface area contributed by atoms with E-state index in [0.29, 0.717) is 62.4 Å². The lowest BCUT2D eigenvalue weighted by Gasteiger charge is -2.38. The van der Waals surface area contributed by atoms with Crippen LogP contribution in [-0.4, -0.2) is 130 Å². The van der Waals surface area contributed by atoms with Gasteiger partial charge in [0.2, 0.25) is 11.6 Å². The number of Topliss-reactive ketones (excluding diaryl/α,β-unsaturated/α-hetero) is 1. The van der Waals surface area contributed by atoms with Gasteiger partial charge in [0.1, 0.15) is 17.9 Å². The van der Waals surface area contributed by atoms with Gasteiger partial charge in [-0.2, -0.15) is 0 Å². The molecule has 3 aromatic rings. The van der Waals surface area contributed by atoms with Gasteiger partial charge in [-0.1, -0.05) is 52.0 Å². The second kappa shape index (κ2) is 24.5. The summed E-state index contributed by atoms with van der Waals surface area (Å²) in [4.78, 5) is 84.9. The number of aromatic nitrogens is 1. The van der Waals surface area contributed by atoms with Gasteiger partial charge < -0.3 is 52.0 Å². The van der Waals surface area contributed by atoms with E-state index in [4.69, 9.17) is 37.6 Å². The Balaban J connectivity index is 1.17. The molecule has 6 rings (SSSR count). The fraction of sp³-hybridized carbons (Fsp3) is 0.509. The van der Waals surface area contributed by atoms with Gasteiger partial charge in [-0.25, -0.2) is 9.59 Å². The number of amides is 4. The summed E-state index contributed by atoms with van der Waals surface area (Å²) in [5.74, 6) is -0.518. The monoisotopic (exact) mass is 1080 g/mol. The van der Waals surface area contributed by atoms with Gasteiger partial charge in [-0.15, -0.1) is 0 Å². The summed E-state index contributed by atoms with van der Waals surface area (Å²) in [6.45, 7) is 27.5. The number of allylic oxidation sites excluding steroid dienone is 2. The van der Waals surface area contributed by atoms with E-state index < -0.39 is 43.6 Å². The molecule has 2 fully saturated rings. The zero-order valence-electron chi connectivity index (χ0n) is 47.1. The molecule has 0 unspecified atom stereocenters. The lowest BCUT2D eigenvalue weighted by molar-refractivity contribution is 0.0634. The normalized spacial score (nSPS) is 16.7. The SMILES string of the molecule is C=C1C[C@@H](CO[Si](C)(C)C(C)(C)C)N(C(=O)c2cc(OC)c(OCCCCCOc3cc(NC(=O)OC(C)(C)C)c(C(=O)N4CC(=C)C[C@H]4CC)cc3OC)cc2NC(=O)OCc2cc3c(n2C)C(=O)C=C(OC)C3=O)C1. The Labute approximate surface area is 453 Å². The van der Waals surface area contributed by atoms with Crippen LogP contribution in [0.15, 0.2) is 66.5 Å². The summed E-state index contributed by atoms with van der Waals surface area (Å²) in [6.07, 6.45) is 3.26. The number of fused-ring (bicyclic) bond motifs is 1. The van der Waals surface area contributed by atoms with Crippen molar-refractivity contribution in [1.82, 2.24) is 14.4 Å². The molecule has 2 aromatic carbocycles. The number of nitrogens with one attached hydrogen (secondary N) is 2. The number of methoxy groups -OCH3 is 3. The molecule has 20 heteroatoms. The molecule has 19 nitrogen and oxygen atoms in total. The molecule has 1 aliphatic carbocycles. The topological polar surface area (TPSA) is 212 Å². The molecule has 0 radical (unpaired) electrons. The van der Waals surface area contributed by atoms with Crippen molar-refractivity contribution >= 4 is 55.3 Å². The summed E-state index contributed by atoms with van der Waals surface area (Å²) < 4.78 is 48.3. The maximum atomic E-state index is 14.7. The number of carbonyl (C=O) groups is 6. The molecule has 77 heavy (non-hydrogen) atoms. The van der Waals surface area contributed by atoms with E-state index >= 15 is 0 Å². The summed E-state index contributed by atoms with van der Waals surface area (Å²) in [5.41, 5.74) is 2.33. The Morgan fingerprint density at radius 3 is 1.73 bits per heavy atom. The number of nitrogens with zero attached hydrogens (tertiary/aromatic N) is 3. The summed E-state index contributed by atoms with van der Waals surface area (Å²) >= 11 is 0. The number of ketones is 2. The van der Waals surface area contributed by atoms with E-state index in [1.54, 1.807) is 49.8 Å². The van der Waals surface area contributed by atoms with E-state index in [-0.39, 0.29) is 100 Å². The van der Waals surface area contributed by atoms with Crippen molar-refractivity contribution in [3.63, 3.8) is 0 Å². The molecular formula is C57H77N5O14Si. The van der Waals surface area contributed by atoms with Crippen LogP contribution in [0.5, 0.6) is 23.0 Å². The van der Waals surface area contributed by atoms with Crippen LogP contribution < -0.4 is 29.6 Å². The lowest BCUT2D eigenvalue weighted by atomic mass is 10.0. The third-order valence-electron chi connectivity index (χ3n) is 14.3. The van der Waals surface area contributed by atoms with E-state index in [1.807, 2.05) is 6.92 Å². The van der Waals surface area contributed by atoms with E-state index in [1.165, 1.54) is 44.1 Å². The van der Waals surface area contributed by atoms with Gasteiger partial charge in [-0.05, 0) is 95.6 Å². The highest BCUT2D eigenvalue weighted by Crippen LogP contribution is 2.40. The van der Waals surface area contributed by atoms with Gasteiger partial charge in [0, 0.05) is 44.4 Å². The van der Waals surface area contributed by atoms with Crippen molar-refractivity contribution < 1.29 is 66.4 Å². The molecule has 1 aromatic heterocycles. The molecule has 2 aliphatic heterocycles. The quantitative estimate of drug-likeness (QED) is 0.0577. The van der Waals surface area contributed by atoms with Gasteiger partial charge in [0.05, 0.1) is 81.0 Å². The molecule has 4 amide bonds. The first-order valence-electron chi connectivity index (χ1n) is 26.0. The van der Waals surface area contributed by atoms with Crippen molar-refractivity contribution in [2.24, 2.45) is 7.05 Å². The number of hydrogen-bond acceptors (Lipinski definition) is 14. The highest BCUT2D eigenvalue weighted by molar-refractivity contribution is 6.74. The molecule has 2 N–H and O–H groups in total. The first-order valence-corrected chi connectivity index (χ1v) is 28.9. The zero-order chi connectivity index (χ0) is 56.7. The highest BCUT2D eigenvalue weighted by atomic mass is 28.4. The minimum absolute atomic E-state index is 0.0266. The number of ether oxygens (including phenoxy) is 7. The molecule has 2 atom stereocenters. The predicted octanol–water partition coefficient (Wildman–Crippen LogP) is 10.6. The first kappa shape index (κ1) is 59.2. The Kier molecular flexibility index (Phi) is 18.8. The Morgan fingerprint density at radius 2 is 1.23 bits per heavy atom. The van der Waals surface area contributed by atoms with Gasteiger partial charge >= 0.3 is 12.2 Å². The number of likely N-dealkylation sites (tertiary alicyclic amines) is 2. The van der Waals surface area contributed by atoms with E-state index in [2.05, 4.69) is 57.7 Å². The van der Waals surface area contributed by atoms with Crippen molar-refractivity contribution in [3.8, 4) is 23.0 Å². The molecule has 0 bridgehead atoms. The van der Waals surface area contributed by atoms with Crippen LogP contribution in [0.4, 0.5) is 21.0 Å². The second-order valence-electron chi connectivity index (χ2n) is 22.1. The van der Waals surface area contributed by atoms with Crippen LogP contribution in [0.2, 0.25) is 18.1 Å². The van der Waals surface area contributed by atoms with Crippen LogP contribution in [0.25, 0.3) is 0 Å². The third-order valence-corrected chi connectivity index (χ3v) is 18.8. The van der Waals surface area contributed by atoms with Gasteiger partial charge in [0.15, 0.2) is 37.1 Å². The maximum absolute atomic E-state index is 14.7. The molecule has 2 saturated heterocycles.